The fourth-order valence-electron chi connectivity index (χ4n) is 2.35. The predicted molar refractivity (Wildman–Crippen MR) is 82.4 cm³/mol. The summed E-state index contributed by atoms with van der Waals surface area (Å²) < 4.78 is 17.1. The van der Waals surface area contributed by atoms with E-state index in [1.165, 1.54) is 0 Å². The van der Waals surface area contributed by atoms with E-state index < -0.39 is 0 Å². The molecule has 1 heterocycles. The third-order valence-electron chi connectivity index (χ3n) is 3.40. The highest BCUT2D eigenvalue weighted by atomic mass is 35.5. The highest BCUT2D eigenvalue weighted by molar-refractivity contribution is 6.31. The largest absolute Gasteiger partial charge is 0.496 e. The van der Waals surface area contributed by atoms with Crippen molar-refractivity contribution in [2.45, 2.75) is 6.10 Å². The number of hydrogen-bond donors (Lipinski definition) is 1. The summed E-state index contributed by atoms with van der Waals surface area (Å²) in [7, 11) is 1.63. The number of nitrogens with two attached hydrogens (primary N) is 1. The minimum Gasteiger partial charge on any atom is -0.496 e. The Kier molecular flexibility index (Phi) is 3.90. The van der Waals surface area contributed by atoms with Crippen LogP contribution in [0.25, 0.3) is 11.1 Å². The van der Waals surface area contributed by atoms with Crippen molar-refractivity contribution in [2.24, 2.45) is 5.73 Å². The summed E-state index contributed by atoms with van der Waals surface area (Å²) >= 11 is 6.12. The zero-order valence-corrected chi connectivity index (χ0v) is 12.4. The van der Waals surface area contributed by atoms with Crippen molar-refractivity contribution in [1.29, 1.82) is 0 Å². The van der Waals surface area contributed by atoms with E-state index in [9.17, 15) is 0 Å². The van der Waals surface area contributed by atoms with Gasteiger partial charge in [-0.1, -0.05) is 23.7 Å². The standard InChI is InChI=1S/C16H16ClNO3/c1-19-14-6-5-10(17)7-13(14)12-3-2-4-15-16(12)21-11(8-18)9-20-15/h2-7,11H,8-9,18H2,1H3/t11-/m0/s1. The maximum absolute atomic E-state index is 6.12. The van der Waals surface area contributed by atoms with E-state index in [4.69, 9.17) is 31.5 Å². The van der Waals surface area contributed by atoms with Gasteiger partial charge in [0.1, 0.15) is 18.5 Å². The molecule has 2 N–H and O–H groups in total. The first-order valence-corrected chi connectivity index (χ1v) is 7.07. The molecule has 0 fully saturated rings. The van der Waals surface area contributed by atoms with Crippen LogP contribution in [0.3, 0.4) is 0 Å². The number of fused-ring (bicyclic) bond motifs is 1. The Bertz CT molecular complexity index is 660. The molecule has 0 aliphatic carbocycles. The number of benzene rings is 2. The Labute approximate surface area is 128 Å². The molecule has 0 saturated heterocycles. The molecule has 0 saturated carbocycles. The van der Waals surface area contributed by atoms with Crippen molar-refractivity contribution in [3.8, 4) is 28.4 Å². The number of methoxy groups -OCH3 is 1. The minimum absolute atomic E-state index is 0.149. The summed E-state index contributed by atoms with van der Waals surface area (Å²) in [6.07, 6.45) is -0.149. The summed E-state index contributed by atoms with van der Waals surface area (Å²) in [4.78, 5) is 0. The van der Waals surface area contributed by atoms with Crippen molar-refractivity contribution in [1.82, 2.24) is 0 Å². The van der Waals surface area contributed by atoms with Crippen molar-refractivity contribution < 1.29 is 14.2 Å². The normalized spacial score (nSPS) is 16.6. The lowest BCUT2D eigenvalue weighted by Gasteiger charge is -2.27. The second-order valence-corrected chi connectivity index (χ2v) is 5.20. The van der Waals surface area contributed by atoms with Crippen LogP contribution in [0.15, 0.2) is 36.4 Å². The van der Waals surface area contributed by atoms with Crippen LogP contribution in [0, 0.1) is 0 Å². The van der Waals surface area contributed by atoms with Gasteiger partial charge in [0.2, 0.25) is 0 Å². The number of rotatable bonds is 3. The second kappa shape index (κ2) is 5.84. The molecule has 1 aliphatic rings. The Morgan fingerprint density at radius 3 is 2.90 bits per heavy atom. The molecule has 0 amide bonds. The van der Waals surface area contributed by atoms with E-state index in [1.807, 2.05) is 30.3 Å². The second-order valence-electron chi connectivity index (χ2n) is 4.76. The maximum atomic E-state index is 6.12. The fraction of sp³-hybridized carbons (Fsp3) is 0.250. The topological polar surface area (TPSA) is 53.7 Å². The van der Waals surface area contributed by atoms with E-state index in [2.05, 4.69) is 0 Å². The van der Waals surface area contributed by atoms with Gasteiger partial charge >= 0.3 is 0 Å². The number of halogens is 1. The Morgan fingerprint density at radius 2 is 2.14 bits per heavy atom. The lowest BCUT2D eigenvalue weighted by molar-refractivity contribution is 0.0976. The van der Waals surface area contributed by atoms with E-state index in [1.54, 1.807) is 13.2 Å². The van der Waals surface area contributed by atoms with Crippen LogP contribution in [0.1, 0.15) is 0 Å². The Morgan fingerprint density at radius 1 is 1.29 bits per heavy atom. The van der Waals surface area contributed by atoms with Gasteiger partial charge in [-0.15, -0.1) is 0 Å². The first-order valence-electron chi connectivity index (χ1n) is 6.69. The van der Waals surface area contributed by atoms with Gasteiger partial charge in [0.05, 0.1) is 7.11 Å². The zero-order chi connectivity index (χ0) is 14.8. The molecule has 1 aliphatic heterocycles. The molecule has 0 spiro atoms. The zero-order valence-electron chi connectivity index (χ0n) is 11.6. The van der Waals surface area contributed by atoms with Crippen molar-refractivity contribution in [3.63, 3.8) is 0 Å². The van der Waals surface area contributed by atoms with Crippen molar-refractivity contribution in [2.75, 3.05) is 20.3 Å². The van der Waals surface area contributed by atoms with Crippen LogP contribution in [-0.2, 0) is 0 Å². The number of ether oxygens (including phenoxy) is 3. The summed E-state index contributed by atoms with van der Waals surface area (Å²) in [6.45, 7) is 0.861. The van der Waals surface area contributed by atoms with Crippen LogP contribution in [0.2, 0.25) is 5.02 Å². The summed E-state index contributed by atoms with van der Waals surface area (Å²) in [6, 6.07) is 11.2. The molecular formula is C16H16ClNO3. The van der Waals surface area contributed by atoms with Crippen LogP contribution >= 0.6 is 11.6 Å². The van der Waals surface area contributed by atoms with Gasteiger partial charge < -0.3 is 19.9 Å². The summed E-state index contributed by atoms with van der Waals surface area (Å²) in [5.74, 6) is 2.12. The quantitative estimate of drug-likeness (QED) is 0.946. The molecule has 0 radical (unpaired) electrons. The minimum atomic E-state index is -0.149. The molecule has 0 aromatic heterocycles. The first-order chi connectivity index (χ1) is 10.2. The molecule has 3 rings (SSSR count). The first kappa shape index (κ1) is 14.0. The molecule has 1 atom stereocenters. The molecule has 5 heteroatoms. The SMILES string of the molecule is COc1ccc(Cl)cc1-c1cccc2c1O[C@@H](CN)CO2. The van der Waals surface area contributed by atoms with Crippen molar-refractivity contribution in [3.05, 3.63) is 41.4 Å². The number of para-hydroxylation sites is 1. The van der Waals surface area contributed by atoms with Gasteiger partial charge in [0.15, 0.2) is 11.5 Å². The lowest BCUT2D eigenvalue weighted by Crippen LogP contribution is -2.35. The third-order valence-corrected chi connectivity index (χ3v) is 3.64. The molecule has 2 aromatic rings. The lowest BCUT2D eigenvalue weighted by atomic mass is 10.0. The average Bonchev–Trinajstić information content (AvgIpc) is 2.53. The van der Waals surface area contributed by atoms with Crippen LogP contribution in [0.4, 0.5) is 0 Å². The van der Waals surface area contributed by atoms with Crippen molar-refractivity contribution >= 4 is 11.6 Å². The smallest absolute Gasteiger partial charge is 0.169 e. The molecule has 0 bridgehead atoms. The van der Waals surface area contributed by atoms with Crippen LogP contribution in [0.5, 0.6) is 17.2 Å². The molecule has 110 valence electrons. The fourth-order valence-corrected chi connectivity index (χ4v) is 2.53. The molecule has 4 nitrogen and oxygen atoms in total. The van der Waals surface area contributed by atoms with Crippen LogP contribution in [-0.4, -0.2) is 26.4 Å². The summed E-state index contributed by atoms with van der Waals surface area (Å²) in [5.41, 5.74) is 7.42. The average molecular weight is 306 g/mol. The summed E-state index contributed by atoms with van der Waals surface area (Å²) in [5, 5.41) is 0.635. The van der Waals surface area contributed by atoms with E-state index in [0.29, 0.717) is 29.7 Å². The van der Waals surface area contributed by atoms with Gasteiger partial charge in [0.25, 0.3) is 0 Å². The maximum Gasteiger partial charge on any atom is 0.169 e. The van der Waals surface area contributed by atoms with E-state index in [-0.39, 0.29) is 6.10 Å². The van der Waals surface area contributed by atoms with Gasteiger partial charge in [-0.05, 0) is 24.3 Å². The third kappa shape index (κ3) is 2.64. The molecular weight excluding hydrogens is 290 g/mol. The highest BCUT2D eigenvalue weighted by Gasteiger charge is 2.24. The van der Waals surface area contributed by atoms with Crippen LogP contribution < -0.4 is 19.9 Å². The Hall–Kier alpha value is -1.91. The molecule has 0 unspecified atom stereocenters. The number of hydrogen-bond acceptors (Lipinski definition) is 4. The highest BCUT2D eigenvalue weighted by Crippen LogP contribution is 2.44. The monoisotopic (exact) mass is 305 g/mol. The van der Waals surface area contributed by atoms with Gasteiger partial charge in [0, 0.05) is 22.7 Å². The molecule has 21 heavy (non-hydrogen) atoms. The van der Waals surface area contributed by atoms with Gasteiger partial charge in [-0.25, -0.2) is 0 Å². The van der Waals surface area contributed by atoms with Gasteiger partial charge in [-0.3, -0.25) is 0 Å². The van der Waals surface area contributed by atoms with Gasteiger partial charge in [-0.2, -0.15) is 0 Å². The molecule has 2 aromatic carbocycles. The van der Waals surface area contributed by atoms with E-state index >= 15 is 0 Å². The van der Waals surface area contributed by atoms with E-state index in [0.717, 1.165) is 16.9 Å². The Balaban J connectivity index is 2.14. The predicted octanol–water partition coefficient (Wildman–Crippen LogP) is 3.11.